The van der Waals surface area contributed by atoms with Crippen molar-refractivity contribution in [1.82, 2.24) is 15.0 Å². The maximum atomic E-state index is 12.9. The summed E-state index contributed by atoms with van der Waals surface area (Å²) >= 11 is 0. The van der Waals surface area contributed by atoms with Gasteiger partial charge in [-0.2, -0.15) is 0 Å². The number of anilines is 1. The van der Waals surface area contributed by atoms with Crippen LogP contribution < -0.4 is 10.1 Å². The molecule has 7 heteroatoms. The van der Waals surface area contributed by atoms with E-state index in [4.69, 9.17) is 9.72 Å². The number of benzene rings is 3. The van der Waals surface area contributed by atoms with E-state index in [1.165, 1.54) is 0 Å². The van der Waals surface area contributed by atoms with Gasteiger partial charge in [0.1, 0.15) is 24.0 Å². The van der Waals surface area contributed by atoms with Crippen molar-refractivity contribution in [2.75, 3.05) is 11.9 Å². The number of ether oxygens (including phenoxy) is 1. The smallest absolute Gasteiger partial charge is 0.256 e. The van der Waals surface area contributed by atoms with E-state index in [9.17, 15) is 9.59 Å². The number of pyridine rings is 1. The second-order valence-electron chi connectivity index (χ2n) is 8.07. The van der Waals surface area contributed by atoms with E-state index >= 15 is 0 Å². The number of hydrogen-bond acceptors (Lipinski definition) is 5. The molecule has 0 unspecified atom stereocenters. The fourth-order valence-corrected chi connectivity index (χ4v) is 4.10. The molecule has 2 heterocycles. The number of aldehydes is 1. The maximum Gasteiger partial charge on any atom is 0.256 e. The molecule has 168 valence electrons. The number of imidazole rings is 1. The van der Waals surface area contributed by atoms with E-state index in [0.717, 1.165) is 44.9 Å². The van der Waals surface area contributed by atoms with E-state index in [1.807, 2.05) is 62.4 Å². The molecule has 5 rings (SSSR count). The van der Waals surface area contributed by atoms with Crippen LogP contribution in [0.2, 0.25) is 0 Å². The summed E-state index contributed by atoms with van der Waals surface area (Å²) in [4.78, 5) is 36.0. The summed E-state index contributed by atoms with van der Waals surface area (Å²) in [5, 5.41) is 3.89. The van der Waals surface area contributed by atoms with E-state index in [2.05, 4.69) is 15.3 Å². The first-order valence-corrected chi connectivity index (χ1v) is 10.9. The summed E-state index contributed by atoms with van der Waals surface area (Å²) < 4.78 is 5.43. The molecule has 0 bridgehead atoms. The average Bonchev–Trinajstić information content (AvgIpc) is 3.25. The lowest BCUT2D eigenvalue weighted by atomic mass is 10.0. The summed E-state index contributed by atoms with van der Waals surface area (Å²) in [6.45, 7) is 3.96. The summed E-state index contributed by atoms with van der Waals surface area (Å²) in [6, 6.07) is 20.6. The van der Waals surface area contributed by atoms with Gasteiger partial charge in [-0.25, -0.2) is 9.97 Å². The Balaban J connectivity index is 1.42. The lowest BCUT2D eigenvalue weighted by molar-refractivity contribution is -0.109. The normalized spacial score (nSPS) is 11.0. The lowest BCUT2D eigenvalue weighted by Crippen LogP contribution is -2.12. The van der Waals surface area contributed by atoms with Crippen LogP contribution in [0.4, 0.5) is 5.82 Å². The van der Waals surface area contributed by atoms with Crippen molar-refractivity contribution in [2.45, 2.75) is 13.8 Å². The van der Waals surface area contributed by atoms with E-state index in [0.29, 0.717) is 23.0 Å². The third-order valence-corrected chi connectivity index (χ3v) is 5.65. The number of para-hydroxylation sites is 1. The minimum atomic E-state index is -0.245. The van der Waals surface area contributed by atoms with Crippen molar-refractivity contribution in [3.8, 4) is 17.1 Å². The summed E-state index contributed by atoms with van der Waals surface area (Å²) in [5.74, 6) is 1.60. The molecule has 0 saturated carbocycles. The Kier molecular flexibility index (Phi) is 5.51. The van der Waals surface area contributed by atoms with Crippen molar-refractivity contribution < 1.29 is 14.3 Å². The van der Waals surface area contributed by atoms with Gasteiger partial charge in [0.05, 0.1) is 16.6 Å². The average molecular weight is 450 g/mol. The first-order chi connectivity index (χ1) is 16.5. The zero-order valence-electron chi connectivity index (χ0n) is 18.8. The van der Waals surface area contributed by atoms with Crippen molar-refractivity contribution in [2.24, 2.45) is 0 Å². The number of fused-ring (bicyclic) bond motifs is 2. The molecule has 34 heavy (non-hydrogen) atoms. The Morgan fingerprint density at radius 2 is 1.76 bits per heavy atom. The minimum Gasteiger partial charge on any atom is -0.486 e. The fraction of sp³-hybridized carbons (Fsp3) is 0.111. The second kappa shape index (κ2) is 8.78. The summed E-state index contributed by atoms with van der Waals surface area (Å²) in [5.41, 5.74) is 5.75. The van der Waals surface area contributed by atoms with Crippen molar-refractivity contribution in [1.29, 1.82) is 0 Å². The van der Waals surface area contributed by atoms with E-state index in [1.54, 1.807) is 18.2 Å². The number of carbonyl (C=O) groups is 2. The predicted molar refractivity (Wildman–Crippen MR) is 132 cm³/mol. The molecular weight excluding hydrogens is 428 g/mol. The lowest BCUT2D eigenvalue weighted by Gasteiger charge is -2.10. The molecule has 0 aliphatic heterocycles. The number of nitrogens with one attached hydrogen (secondary N) is 2. The van der Waals surface area contributed by atoms with Crippen LogP contribution >= 0.6 is 0 Å². The topological polar surface area (TPSA) is 97.0 Å². The number of aromatic amines is 1. The van der Waals surface area contributed by atoms with Crippen molar-refractivity contribution in [3.63, 3.8) is 0 Å². The van der Waals surface area contributed by atoms with Crippen LogP contribution in [0, 0.1) is 13.8 Å². The number of aryl methyl sites for hydroxylation is 2. The fourth-order valence-electron chi connectivity index (χ4n) is 4.10. The van der Waals surface area contributed by atoms with Crippen LogP contribution in [-0.2, 0) is 4.79 Å². The molecule has 0 aliphatic rings. The van der Waals surface area contributed by atoms with Crippen LogP contribution in [-0.4, -0.2) is 33.8 Å². The van der Waals surface area contributed by atoms with Gasteiger partial charge in [-0.15, -0.1) is 0 Å². The monoisotopic (exact) mass is 450 g/mol. The SMILES string of the molecule is Cc1cc(OCC=O)cc(C)c1-c1nc2ccc(C(=O)Nc3ccc4ccccc4n3)cc2[nH]1. The molecule has 1 amide bonds. The van der Waals surface area contributed by atoms with Gasteiger partial charge >= 0.3 is 0 Å². The first-order valence-electron chi connectivity index (χ1n) is 10.9. The van der Waals surface area contributed by atoms with Crippen LogP contribution in [0.5, 0.6) is 5.75 Å². The molecule has 3 aromatic carbocycles. The second-order valence-corrected chi connectivity index (χ2v) is 8.07. The zero-order valence-corrected chi connectivity index (χ0v) is 18.8. The zero-order chi connectivity index (χ0) is 23.7. The number of hydrogen-bond donors (Lipinski definition) is 2. The van der Waals surface area contributed by atoms with Crippen molar-refractivity contribution >= 4 is 39.9 Å². The predicted octanol–water partition coefficient (Wildman–Crippen LogP) is 5.22. The van der Waals surface area contributed by atoms with Crippen LogP contribution in [0.3, 0.4) is 0 Å². The van der Waals surface area contributed by atoms with Gasteiger partial charge < -0.3 is 15.0 Å². The first kappa shape index (κ1) is 21.3. The molecule has 0 atom stereocenters. The molecule has 0 saturated heterocycles. The van der Waals surface area contributed by atoms with Crippen LogP contribution in [0.15, 0.2) is 66.7 Å². The minimum absolute atomic E-state index is 0.0163. The Morgan fingerprint density at radius 3 is 2.56 bits per heavy atom. The number of nitrogens with zero attached hydrogens (tertiary/aromatic N) is 2. The molecule has 0 aliphatic carbocycles. The molecular formula is C27H22N4O3. The van der Waals surface area contributed by atoms with Crippen molar-refractivity contribution in [3.05, 3.63) is 83.4 Å². The van der Waals surface area contributed by atoms with E-state index < -0.39 is 0 Å². The Labute approximate surface area is 195 Å². The third-order valence-electron chi connectivity index (χ3n) is 5.65. The molecule has 2 N–H and O–H groups in total. The van der Waals surface area contributed by atoms with Gasteiger partial charge in [-0.1, -0.05) is 18.2 Å². The molecule has 0 fully saturated rings. The van der Waals surface area contributed by atoms with E-state index in [-0.39, 0.29) is 12.5 Å². The van der Waals surface area contributed by atoms with Gasteiger partial charge in [0.15, 0.2) is 6.29 Å². The number of H-pyrrole nitrogens is 1. The highest BCUT2D eigenvalue weighted by Gasteiger charge is 2.15. The number of aromatic nitrogens is 3. The van der Waals surface area contributed by atoms with Gasteiger partial charge in [0.25, 0.3) is 5.91 Å². The van der Waals surface area contributed by atoms with Crippen LogP contribution in [0.25, 0.3) is 33.3 Å². The highest BCUT2D eigenvalue weighted by Crippen LogP contribution is 2.31. The van der Waals surface area contributed by atoms with Crippen LogP contribution in [0.1, 0.15) is 21.5 Å². The highest BCUT2D eigenvalue weighted by molar-refractivity contribution is 6.06. The van der Waals surface area contributed by atoms with Gasteiger partial charge in [0.2, 0.25) is 0 Å². The number of amides is 1. The molecule has 0 spiro atoms. The molecule has 7 nitrogen and oxygen atoms in total. The summed E-state index contributed by atoms with van der Waals surface area (Å²) in [7, 11) is 0. The largest absolute Gasteiger partial charge is 0.486 e. The van der Waals surface area contributed by atoms with Gasteiger partial charge in [0, 0.05) is 16.5 Å². The maximum absolute atomic E-state index is 12.9. The van der Waals surface area contributed by atoms with Gasteiger partial charge in [-0.05, 0) is 73.5 Å². The number of rotatable bonds is 6. The Bertz CT molecular complexity index is 1530. The Hall–Kier alpha value is -4.52. The third kappa shape index (κ3) is 4.11. The highest BCUT2D eigenvalue weighted by atomic mass is 16.5. The molecule has 5 aromatic rings. The molecule has 2 aromatic heterocycles. The standard InChI is InChI=1S/C27H22N4O3/c1-16-13-20(34-12-11-32)14-17(2)25(16)26-29-22-9-7-19(15-23(22)30-26)27(33)31-24-10-8-18-5-3-4-6-21(18)28-24/h3-11,13-15H,12H2,1-2H3,(H,29,30)(H,28,31,33). The summed E-state index contributed by atoms with van der Waals surface area (Å²) in [6.07, 6.45) is 0.724. The van der Waals surface area contributed by atoms with Gasteiger partial charge in [-0.3, -0.25) is 9.59 Å². The quantitative estimate of drug-likeness (QED) is 0.346. The molecule has 0 radical (unpaired) electrons. The number of carbonyl (C=O) groups excluding carboxylic acids is 2. The Morgan fingerprint density at radius 1 is 0.971 bits per heavy atom.